The van der Waals surface area contributed by atoms with Gasteiger partial charge in [-0.2, -0.15) is 0 Å². The van der Waals surface area contributed by atoms with Gasteiger partial charge in [-0.25, -0.2) is 0 Å². The van der Waals surface area contributed by atoms with E-state index in [0.29, 0.717) is 19.0 Å². The summed E-state index contributed by atoms with van der Waals surface area (Å²) in [6, 6.07) is 6.37. The van der Waals surface area contributed by atoms with Crippen molar-refractivity contribution in [2.75, 3.05) is 26.4 Å². The predicted molar refractivity (Wildman–Crippen MR) is 80.8 cm³/mol. The first-order valence-corrected chi connectivity index (χ1v) is 7.80. The zero-order chi connectivity index (χ0) is 13.8. The van der Waals surface area contributed by atoms with Crippen molar-refractivity contribution in [3.05, 3.63) is 28.8 Å². The second-order valence-corrected chi connectivity index (χ2v) is 6.44. The van der Waals surface area contributed by atoms with Crippen LogP contribution in [-0.4, -0.2) is 37.2 Å². The van der Waals surface area contributed by atoms with Crippen LogP contribution < -0.4 is 5.32 Å². The fourth-order valence-corrected chi connectivity index (χ4v) is 3.44. The molecule has 1 atom stereocenters. The van der Waals surface area contributed by atoms with Gasteiger partial charge in [-0.05, 0) is 35.9 Å². The lowest BCUT2D eigenvalue weighted by Gasteiger charge is -2.26. The molecule has 1 amide bonds. The lowest BCUT2D eigenvalue weighted by molar-refractivity contribution is -0.128. The summed E-state index contributed by atoms with van der Waals surface area (Å²) < 4.78 is 0. The van der Waals surface area contributed by atoms with Gasteiger partial charge >= 0.3 is 0 Å². The van der Waals surface area contributed by atoms with Gasteiger partial charge in [0, 0.05) is 43.0 Å². The minimum atomic E-state index is 0.156. The van der Waals surface area contributed by atoms with Crippen LogP contribution in [0.15, 0.2) is 23.1 Å². The van der Waals surface area contributed by atoms with Crippen molar-refractivity contribution in [1.29, 1.82) is 0 Å². The Morgan fingerprint density at radius 1 is 1.53 bits per heavy atom. The highest BCUT2D eigenvalue weighted by molar-refractivity contribution is 7.99. The summed E-state index contributed by atoms with van der Waals surface area (Å²) in [5.74, 6) is 1.26. The molecule has 0 spiro atoms. The molecule has 19 heavy (non-hydrogen) atoms. The molecule has 0 saturated heterocycles. The highest BCUT2D eigenvalue weighted by Gasteiger charge is 2.20. The van der Waals surface area contributed by atoms with Crippen LogP contribution in [0.1, 0.15) is 24.4 Å². The highest BCUT2D eigenvalue weighted by Crippen LogP contribution is 2.37. The van der Waals surface area contributed by atoms with E-state index in [2.05, 4.69) is 11.4 Å². The standard InChI is InChI=1S/C14H19ClN2OS/c1-17(2)14(18)5-7-16-12-6-8-19-13-4-3-10(15)9-11(12)13/h3-4,9,12,16H,5-8H2,1-2H3. The molecule has 104 valence electrons. The second kappa shape index (κ2) is 6.64. The van der Waals surface area contributed by atoms with Gasteiger partial charge in [0.05, 0.1) is 0 Å². The third-order valence-electron chi connectivity index (χ3n) is 3.24. The maximum absolute atomic E-state index is 11.5. The Kier molecular flexibility index (Phi) is 5.13. The molecule has 1 N–H and O–H groups in total. The number of benzene rings is 1. The molecule has 1 aromatic carbocycles. The Labute approximate surface area is 123 Å². The fourth-order valence-electron chi connectivity index (χ4n) is 2.15. The summed E-state index contributed by atoms with van der Waals surface area (Å²) >= 11 is 7.94. The molecule has 0 aliphatic carbocycles. The number of amides is 1. The lowest BCUT2D eigenvalue weighted by atomic mass is 10.0. The summed E-state index contributed by atoms with van der Waals surface area (Å²) in [5.41, 5.74) is 1.26. The number of nitrogens with zero attached hydrogens (tertiary/aromatic N) is 1. The Bertz CT molecular complexity index is 465. The topological polar surface area (TPSA) is 32.3 Å². The van der Waals surface area contributed by atoms with Crippen LogP contribution in [0.2, 0.25) is 5.02 Å². The first-order valence-electron chi connectivity index (χ1n) is 6.43. The minimum Gasteiger partial charge on any atom is -0.349 e. The molecule has 0 aromatic heterocycles. The molecule has 1 heterocycles. The fraction of sp³-hybridized carbons (Fsp3) is 0.500. The van der Waals surface area contributed by atoms with Gasteiger partial charge in [0.2, 0.25) is 5.91 Å². The number of carbonyl (C=O) groups is 1. The monoisotopic (exact) mass is 298 g/mol. The third kappa shape index (κ3) is 3.88. The van der Waals surface area contributed by atoms with E-state index < -0.39 is 0 Å². The largest absolute Gasteiger partial charge is 0.349 e. The van der Waals surface area contributed by atoms with Crippen LogP contribution in [0.4, 0.5) is 0 Å². The van der Waals surface area contributed by atoms with E-state index in [-0.39, 0.29) is 5.91 Å². The van der Waals surface area contributed by atoms with Gasteiger partial charge in [0.15, 0.2) is 0 Å². The van der Waals surface area contributed by atoms with Crippen molar-refractivity contribution in [3.63, 3.8) is 0 Å². The van der Waals surface area contributed by atoms with Crippen molar-refractivity contribution in [2.24, 2.45) is 0 Å². The van der Waals surface area contributed by atoms with Gasteiger partial charge in [0.1, 0.15) is 0 Å². The molecule has 1 unspecified atom stereocenters. The SMILES string of the molecule is CN(C)C(=O)CCNC1CCSc2ccc(Cl)cc21. The number of fused-ring (bicyclic) bond motifs is 1. The molecule has 2 rings (SSSR count). The van der Waals surface area contributed by atoms with Crippen LogP contribution in [0.5, 0.6) is 0 Å². The van der Waals surface area contributed by atoms with Crippen LogP contribution >= 0.6 is 23.4 Å². The average Bonchev–Trinajstić information content (AvgIpc) is 2.39. The summed E-state index contributed by atoms with van der Waals surface area (Å²) in [4.78, 5) is 14.5. The van der Waals surface area contributed by atoms with Crippen molar-refractivity contribution < 1.29 is 4.79 Å². The van der Waals surface area contributed by atoms with E-state index in [0.717, 1.165) is 17.2 Å². The molecule has 1 aliphatic rings. The summed E-state index contributed by atoms with van der Waals surface area (Å²) in [7, 11) is 3.57. The van der Waals surface area contributed by atoms with E-state index in [1.807, 2.05) is 23.9 Å². The van der Waals surface area contributed by atoms with Crippen molar-refractivity contribution in [1.82, 2.24) is 10.2 Å². The van der Waals surface area contributed by atoms with Crippen molar-refractivity contribution >= 4 is 29.3 Å². The zero-order valence-electron chi connectivity index (χ0n) is 11.3. The zero-order valence-corrected chi connectivity index (χ0v) is 12.9. The molecule has 1 aliphatic heterocycles. The van der Waals surface area contributed by atoms with Crippen LogP contribution in [-0.2, 0) is 4.79 Å². The van der Waals surface area contributed by atoms with E-state index in [9.17, 15) is 4.79 Å². The Hall–Kier alpha value is -0.710. The minimum absolute atomic E-state index is 0.156. The third-order valence-corrected chi connectivity index (χ3v) is 4.60. The van der Waals surface area contributed by atoms with Gasteiger partial charge in [-0.3, -0.25) is 4.79 Å². The van der Waals surface area contributed by atoms with Crippen LogP contribution in [0.3, 0.4) is 0 Å². The molecule has 0 fully saturated rings. The van der Waals surface area contributed by atoms with E-state index >= 15 is 0 Å². The lowest BCUT2D eigenvalue weighted by Crippen LogP contribution is -2.30. The molecule has 0 bridgehead atoms. The maximum atomic E-state index is 11.5. The van der Waals surface area contributed by atoms with E-state index in [1.165, 1.54) is 10.5 Å². The number of nitrogens with one attached hydrogen (secondary N) is 1. The predicted octanol–water partition coefficient (Wildman–Crippen LogP) is 2.94. The van der Waals surface area contributed by atoms with Crippen LogP contribution in [0.25, 0.3) is 0 Å². The smallest absolute Gasteiger partial charge is 0.223 e. The molecule has 5 heteroatoms. The Morgan fingerprint density at radius 3 is 3.05 bits per heavy atom. The number of hydrogen-bond acceptors (Lipinski definition) is 3. The van der Waals surface area contributed by atoms with E-state index in [1.54, 1.807) is 19.0 Å². The van der Waals surface area contributed by atoms with Gasteiger partial charge in [-0.15, -0.1) is 11.8 Å². The maximum Gasteiger partial charge on any atom is 0.223 e. The Balaban J connectivity index is 1.96. The quantitative estimate of drug-likeness (QED) is 0.927. The number of carbonyl (C=O) groups excluding carboxylic acids is 1. The molecule has 1 aromatic rings. The van der Waals surface area contributed by atoms with Gasteiger partial charge < -0.3 is 10.2 Å². The van der Waals surface area contributed by atoms with Crippen molar-refractivity contribution in [2.45, 2.75) is 23.8 Å². The first kappa shape index (κ1) is 14.7. The summed E-state index contributed by atoms with van der Waals surface area (Å²) in [6.07, 6.45) is 1.61. The normalized spacial score (nSPS) is 17.9. The molecule has 3 nitrogen and oxygen atoms in total. The van der Waals surface area contributed by atoms with Gasteiger partial charge in [-0.1, -0.05) is 11.6 Å². The Morgan fingerprint density at radius 2 is 2.32 bits per heavy atom. The van der Waals surface area contributed by atoms with E-state index in [4.69, 9.17) is 11.6 Å². The van der Waals surface area contributed by atoms with Crippen LogP contribution in [0, 0.1) is 0 Å². The number of rotatable bonds is 4. The molecule has 0 radical (unpaired) electrons. The first-order chi connectivity index (χ1) is 9.08. The average molecular weight is 299 g/mol. The number of halogens is 1. The molecular formula is C14H19ClN2OS. The van der Waals surface area contributed by atoms with Crippen molar-refractivity contribution in [3.8, 4) is 0 Å². The summed E-state index contributed by atoms with van der Waals surface area (Å²) in [5, 5.41) is 4.25. The number of thioether (sulfide) groups is 1. The molecule has 0 saturated carbocycles. The summed E-state index contributed by atoms with van der Waals surface area (Å²) in [6.45, 7) is 0.707. The van der Waals surface area contributed by atoms with Gasteiger partial charge in [0.25, 0.3) is 0 Å². The molecular weight excluding hydrogens is 280 g/mol. The highest BCUT2D eigenvalue weighted by atomic mass is 35.5. The number of hydrogen-bond donors (Lipinski definition) is 1. The second-order valence-electron chi connectivity index (χ2n) is 4.86.